The molecule has 0 fully saturated rings. The second-order valence-corrected chi connectivity index (χ2v) is 2.88. The summed E-state index contributed by atoms with van der Waals surface area (Å²) in [6.45, 7) is 0. The molecule has 0 bridgehead atoms. The first-order chi connectivity index (χ1) is 4.91. The van der Waals surface area contributed by atoms with Crippen LogP contribution in [0.3, 0.4) is 0 Å². The summed E-state index contributed by atoms with van der Waals surface area (Å²) in [5, 5.41) is 3.04. The Morgan fingerprint density at radius 1 is 1.55 bits per heavy atom. The average molecular weight is 277 g/mol. The minimum absolute atomic E-state index is 0.0485. The second-order valence-electron chi connectivity index (χ2n) is 1.77. The van der Waals surface area contributed by atoms with Gasteiger partial charge in [-0.25, -0.2) is 0 Å². The number of hydrogen-bond donors (Lipinski definition) is 1. The van der Waals surface area contributed by atoms with Crippen LogP contribution in [0.15, 0.2) is 6.07 Å². The highest BCUT2D eigenvalue weighted by Crippen LogP contribution is 2.25. The number of hydrogen-bond acceptors (Lipinski definition) is 2. The molecule has 0 aliphatic carbocycles. The third kappa shape index (κ3) is 1.76. The molecule has 1 aromatic rings. The van der Waals surface area contributed by atoms with E-state index in [4.69, 9.17) is 5.73 Å². The molecular formula is C4H3F3IN3. The molecule has 0 amide bonds. The average Bonchev–Trinajstić information content (AvgIpc) is 2.08. The van der Waals surface area contributed by atoms with Gasteiger partial charge in [-0.1, -0.05) is 0 Å². The molecule has 1 heterocycles. The molecule has 2 N–H and O–H groups in total. The van der Waals surface area contributed by atoms with E-state index in [0.717, 1.165) is 6.07 Å². The van der Waals surface area contributed by atoms with E-state index in [2.05, 4.69) is 5.10 Å². The maximum absolute atomic E-state index is 11.9. The minimum atomic E-state index is -4.48. The molecule has 7 heteroatoms. The van der Waals surface area contributed by atoms with Gasteiger partial charge in [0.15, 0.2) is 0 Å². The molecule has 0 saturated carbocycles. The van der Waals surface area contributed by atoms with E-state index in [1.54, 1.807) is 0 Å². The molecule has 1 aromatic heterocycles. The van der Waals surface area contributed by atoms with Crippen molar-refractivity contribution in [2.45, 2.75) is 6.30 Å². The molecule has 0 spiro atoms. The molecule has 1 rings (SSSR count). The zero-order valence-corrected chi connectivity index (χ0v) is 7.22. The fraction of sp³-hybridized carbons (Fsp3) is 0.250. The molecule has 0 saturated heterocycles. The molecular weight excluding hydrogens is 274 g/mol. The van der Waals surface area contributed by atoms with Gasteiger partial charge in [-0.2, -0.15) is 4.68 Å². The van der Waals surface area contributed by atoms with E-state index in [-0.39, 0.29) is 14.2 Å². The highest BCUT2D eigenvalue weighted by molar-refractivity contribution is 14.1. The lowest BCUT2D eigenvalue weighted by molar-refractivity contribution is -0.213. The van der Waals surface area contributed by atoms with Crippen molar-refractivity contribution in [2.24, 2.45) is 0 Å². The van der Waals surface area contributed by atoms with Gasteiger partial charge in [-0.15, -0.1) is 18.3 Å². The predicted molar refractivity (Wildman–Crippen MR) is 40.7 cm³/mol. The fourth-order valence-corrected chi connectivity index (χ4v) is 1.25. The zero-order valence-electron chi connectivity index (χ0n) is 5.06. The van der Waals surface area contributed by atoms with Gasteiger partial charge >= 0.3 is 6.30 Å². The number of nitrogens with two attached hydrogens (primary N) is 1. The number of rotatable bonds is 0. The summed E-state index contributed by atoms with van der Waals surface area (Å²) in [5.74, 6) is -0.133. The van der Waals surface area contributed by atoms with Gasteiger partial charge in [-0.3, -0.25) is 0 Å². The predicted octanol–water partition coefficient (Wildman–Crippen LogP) is 1.55. The first kappa shape index (κ1) is 8.62. The summed E-state index contributed by atoms with van der Waals surface area (Å²) in [6.07, 6.45) is -4.48. The molecule has 0 radical (unpaired) electrons. The van der Waals surface area contributed by atoms with Gasteiger partial charge in [-0.05, 0) is 22.6 Å². The smallest absolute Gasteiger partial charge is 0.382 e. The van der Waals surface area contributed by atoms with E-state index in [0.29, 0.717) is 0 Å². The third-order valence-electron chi connectivity index (χ3n) is 0.925. The molecule has 0 aliphatic rings. The highest BCUT2D eigenvalue weighted by Gasteiger charge is 2.33. The van der Waals surface area contributed by atoms with E-state index >= 15 is 0 Å². The van der Waals surface area contributed by atoms with Crippen molar-refractivity contribution in [3.05, 3.63) is 9.77 Å². The minimum Gasteiger partial charge on any atom is -0.382 e. The quantitative estimate of drug-likeness (QED) is 0.731. The molecule has 0 unspecified atom stereocenters. The Balaban J connectivity index is 3.13. The van der Waals surface area contributed by atoms with Gasteiger partial charge in [0, 0.05) is 6.07 Å². The molecule has 0 aromatic carbocycles. The van der Waals surface area contributed by atoms with Crippen molar-refractivity contribution in [3.63, 3.8) is 0 Å². The lowest BCUT2D eigenvalue weighted by Crippen LogP contribution is -2.19. The summed E-state index contributed by atoms with van der Waals surface area (Å²) in [5.41, 5.74) is 5.04. The van der Waals surface area contributed by atoms with E-state index in [9.17, 15) is 13.2 Å². The Morgan fingerprint density at radius 3 is 2.27 bits per heavy atom. The summed E-state index contributed by atoms with van der Waals surface area (Å²) in [4.78, 5) is 0. The van der Waals surface area contributed by atoms with Crippen molar-refractivity contribution in [1.82, 2.24) is 9.78 Å². The maximum atomic E-state index is 11.9. The van der Waals surface area contributed by atoms with Gasteiger partial charge in [0.2, 0.25) is 0 Å². The van der Waals surface area contributed by atoms with Crippen LogP contribution < -0.4 is 5.73 Å². The maximum Gasteiger partial charge on any atom is 0.505 e. The first-order valence-corrected chi connectivity index (χ1v) is 3.57. The van der Waals surface area contributed by atoms with E-state index in [1.165, 1.54) is 22.6 Å². The summed E-state index contributed by atoms with van der Waals surface area (Å²) < 4.78 is 35.6. The standard InChI is InChI=1S/C4H3F3IN3/c5-4(6,7)11-2(8)1-3(9)10-11/h1H,(H2,9,10). The number of halogens is 4. The van der Waals surface area contributed by atoms with Crippen molar-refractivity contribution >= 4 is 28.4 Å². The summed E-state index contributed by atoms with van der Waals surface area (Å²) in [6, 6.07) is 1.15. The van der Waals surface area contributed by atoms with Crippen LogP contribution in [0.5, 0.6) is 0 Å². The molecule has 62 valence electrons. The van der Waals surface area contributed by atoms with Crippen molar-refractivity contribution in [1.29, 1.82) is 0 Å². The van der Waals surface area contributed by atoms with Crippen molar-refractivity contribution in [3.8, 4) is 0 Å². The number of anilines is 1. The molecule has 0 atom stereocenters. The zero-order chi connectivity index (χ0) is 8.65. The van der Waals surface area contributed by atoms with Gasteiger partial charge in [0.25, 0.3) is 0 Å². The van der Waals surface area contributed by atoms with E-state index in [1.807, 2.05) is 0 Å². The number of nitrogens with zero attached hydrogens (tertiary/aromatic N) is 2. The van der Waals surface area contributed by atoms with Crippen LogP contribution in [0.2, 0.25) is 0 Å². The Bertz CT molecular complexity index is 266. The van der Waals surface area contributed by atoms with Crippen LogP contribution in [-0.2, 0) is 6.30 Å². The number of alkyl halides is 3. The Hall–Kier alpha value is -0.470. The topological polar surface area (TPSA) is 43.8 Å². The largest absolute Gasteiger partial charge is 0.505 e. The second kappa shape index (κ2) is 2.54. The van der Waals surface area contributed by atoms with Crippen LogP contribution >= 0.6 is 22.6 Å². The third-order valence-corrected chi connectivity index (χ3v) is 1.69. The molecule has 0 aliphatic heterocycles. The summed E-state index contributed by atoms with van der Waals surface area (Å²) in [7, 11) is 0. The fourth-order valence-electron chi connectivity index (χ4n) is 0.553. The van der Waals surface area contributed by atoms with Crippen LogP contribution in [0.1, 0.15) is 0 Å². The van der Waals surface area contributed by atoms with Crippen molar-refractivity contribution in [2.75, 3.05) is 5.73 Å². The van der Waals surface area contributed by atoms with Gasteiger partial charge < -0.3 is 5.73 Å². The number of aromatic nitrogens is 2. The van der Waals surface area contributed by atoms with Crippen LogP contribution in [0.4, 0.5) is 19.0 Å². The SMILES string of the molecule is Nc1cc(I)n(C(F)(F)F)n1. The van der Waals surface area contributed by atoms with E-state index < -0.39 is 6.30 Å². The molecule has 3 nitrogen and oxygen atoms in total. The van der Waals surface area contributed by atoms with Crippen LogP contribution in [-0.4, -0.2) is 9.78 Å². The Morgan fingerprint density at radius 2 is 2.09 bits per heavy atom. The van der Waals surface area contributed by atoms with Crippen LogP contribution in [0.25, 0.3) is 0 Å². The normalized spacial score (nSPS) is 12.0. The van der Waals surface area contributed by atoms with Gasteiger partial charge in [0.05, 0.1) is 0 Å². The Labute approximate surface area is 73.5 Å². The lowest BCUT2D eigenvalue weighted by Gasteiger charge is -2.05. The van der Waals surface area contributed by atoms with Crippen molar-refractivity contribution < 1.29 is 13.2 Å². The van der Waals surface area contributed by atoms with Crippen LogP contribution in [0, 0.1) is 3.70 Å². The Kier molecular flexibility index (Phi) is 1.99. The first-order valence-electron chi connectivity index (χ1n) is 2.49. The lowest BCUT2D eigenvalue weighted by atomic mass is 10.7. The monoisotopic (exact) mass is 277 g/mol. The molecule has 11 heavy (non-hydrogen) atoms. The highest BCUT2D eigenvalue weighted by atomic mass is 127. The summed E-state index contributed by atoms with van der Waals surface area (Å²) >= 11 is 1.51. The number of nitrogen functional groups attached to an aromatic ring is 1. The van der Waals surface area contributed by atoms with Gasteiger partial charge in [0.1, 0.15) is 9.52 Å².